The first kappa shape index (κ1) is 12.6. The Morgan fingerprint density at radius 3 is 2.89 bits per heavy atom. The summed E-state index contributed by atoms with van der Waals surface area (Å²) in [6, 6.07) is 10.7. The molecule has 0 aliphatic heterocycles. The Morgan fingerprint density at radius 2 is 2.05 bits per heavy atom. The van der Waals surface area contributed by atoms with Crippen molar-refractivity contribution in [3.63, 3.8) is 0 Å². The zero-order valence-electron chi connectivity index (χ0n) is 11.4. The highest BCUT2D eigenvalue weighted by Gasteiger charge is 2.16. The molecule has 1 atom stereocenters. The fraction of sp³-hybridized carbons (Fsp3) is 0.471. The van der Waals surface area contributed by atoms with Crippen molar-refractivity contribution in [2.24, 2.45) is 11.7 Å². The van der Waals surface area contributed by atoms with Crippen LogP contribution in [0.2, 0.25) is 0 Å². The van der Waals surface area contributed by atoms with Crippen LogP contribution in [-0.2, 0) is 0 Å². The van der Waals surface area contributed by atoms with Gasteiger partial charge in [0.2, 0.25) is 0 Å². The van der Waals surface area contributed by atoms with Gasteiger partial charge in [-0.25, -0.2) is 0 Å². The molecule has 2 N–H and O–H groups in total. The van der Waals surface area contributed by atoms with Gasteiger partial charge in [-0.2, -0.15) is 0 Å². The van der Waals surface area contributed by atoms with E-state index in [-0.39, 0.29) is 6.04 Å². The van der Waals surface area contributed by atoms with Crippen LogP contribution in [0.15, 0.2) is 36.5 Å². The summed E-state index contributed by atoms with van der Waals surface area (Å²) in [6.45, 7) is 0. The summed E-state index contributed by atoms with van der Waals surface area (Å²) in [5.74, 6) is 0.921. The second-order valence-electron chi connectivity index (χ2n) is 5.79. The van der Waals surface area contributed by atoms with Crippen molar-refractivity contribution in [1.29, 1.82) is 0 Å². The Balaban J connectivity index is 1.68. The molecule has 1 aromatic heterocycles. The summed E-state index contributed by atoms with van der Waals surface area (Å²) in [7, 11) is 0. The molecule has 2 heteroatoms. The first-order chi connectivity index (χ1) is 9.33. The lowest BCUT2D eigenvalue weighted by atomic mass is 9.95. The maximum Gasteiger partial charge on any atom is 0.0705 e. The number of hydrogen-bond acceptors (Lipinski definition) is 2. The van der Waals surface area contributed by atoms with E-state index in [1.807, 2.05) is 12.3 Å². The lowest BCUT2D eigenvalue weighted by Gasteiger charge is -2.15. The zero-order valence-corrected chi connectivity index (χ0v) is 11.4. The third kappa shape index (κ3) is 2.95. The van der Waals surface area contributed by atoms with E-state index in [4.69, 9.17) is 5.73 Å². The Morgan fingerprint density at radius 1 is 1.21 bits per heavy atom. The number of benzene rings is 1. The third-order valence-corrected chi connectivity index (χ3v) is 4.42. The smallest absolute Gasteiger partial charge is 0.0705 e. The Hall–Kier alpha value is -1.41. The number of fused-ring (bicyclic) bond motifs is 1. The van der Waals surface area contributed by atoms with Gasteiger partial charge in [0, 0.05) is 17.6 Å². The minimum absolute atomic E-state index is 0.159. The largest absolute Gasteiger partial charge is 0.324 e. The van der Waals surface area contributed by atoms with Crippen LogP contribution in [0.5, 0.6) is 0 Å². The number of nitrogens with two attached hydrogens (primary N) is 1. The van der Waals surface area contributed by atoms with E-state index < -0.39 is 0 Å². The Kier molecular flexibility index (Phi) is 3.79. The van der Waals surface area contributed by atoms with Crippen molar-refractivity contribution in [3.8, 4) is 0 Å². The predicted molar refractivity (Wildman–Crippen MR) is 79.9 cm³/mol. The molecule has 1 aliphatic rings. The molecule has 0 amide bonds. The summed E-state index contributed by atoms with van der Waals surface area (Å²) in [6.07, 6.45) is 9.87. The third-order valence-electron chi connectivity index (χ3n) is 4.42. The monoisotopic (exact) mass is 254 g/mol. The van der Waals surface area contributed by atoms with Gasteiger partial charge in [-0.1, -0.05) is 43.9 Å². The highest BCUT2D eigenvalue weighted by atomic mass is 14.7. The average molecular weight is 254 g/mol. The molecule has 1 aromatic carbocycles. The topological polar surface area (TPSA) is 38.9 Å². The van der Waals surface area contributed by atoms with Gasteiger partial charge in [0.15, 0.2) is 0 Å². The van der Waals surface area contributed by atoms with E-state index in [2.05, 4.69) is 29.2 Å². The Labute approximate surface area is 115 Å². The van der Waals surface area contributed by atoms with Gasteiger partial charge in [-0.15, -0.1) is 0 Å². The van der Waals surface area contributed by atoms with E-state index in [1.165, 1.54) is 43.1 Å². The highest BCUT2D eigenvalue weighted by Crippen LogP contribution is 2.31. The molecule has 1 fully saturated rings. The van der Waals surface area contributed by atoms with Crippen molar-refractivity contribution in [2.45, 2.75) is 44.6 Å². The van der Waals surface area contributed by atoms with Gasteiger partial charge in [0.1, 0.15) is 0 Å². The molecule has 0 saturated heterocycles. The molecule has 1 unspecified atom stereocenters. The molecular formula is C17H22N2. The van der Waals surface area contributed by atoms with Crippen LogP contribution < -0.4 is 5.73 Å². The quantitative estimate of drug-likeness (QED) is 0.887. The molecule has 1 saturated carbocycles. The number of pyridine rings is 1. The van der Waals surface area contributed by atoms with Crippen LogP contribution in [0.3, 0.4) is 0 Å². The van der Waals surface area contributed by atoms with E-state index in [0.29, 0.717) is 0 Å². The van der Waals surface area contributed by atoms with Crippen LogP contribution >= 0.6 is 0 Å². The lowest BCUT2D eigenvalue weighted by Crippen LogP contribution is -2.11. The van der Waals surface area contributed by atoms with Crippen molar-refractivity contribution in [3.05, 3.63) is 42.1 Å². The second-order valence-corrected chi connectivity index (χ2v) is 5.79. The second kappa shape index (κ2) is 5.70. The maximum absolute atomic E-state index is 6.34. The van der Waals surface area contributed by atoms with Crippen molar-refractivity contribution < 1.29 is 0 Å². The number of rotatable bonds is 4. The van der Waals surface area contributed by atoms with Gasteiger partial charge in [0.25, 0.3) is 0 Å². The first-order valence-corrected chi connectivity index (χ1v) is 7.43. The summed E-state index contributed by atoms with van der Waals surface area (Å²) >= 11 is 0. The predicted octanol–water partition coefficient (Wildman–Crippen LogP) is 4.21. The van der Waals surface area contributed by atoms with Gasteiger partial charge in [-0.3, -0.25) is 4.98 Å². The molecule has 0 bridgehead atoms. The molecule has 2 aromatic rings. The summed E-state index contributed by atoms with van der Waals surface area (Å²) < 4.78 is 0. The number of nitrogens with zero attached hydrogens (tertiary/aromatic N) is 1. The van der Waals surface area contributed by atoms with Crippen LogP contribution in [-0.4, -0.2) is 4.98 Å². The summed E-state index contributed by atoms with van der Waals surface area (Å²) in [5.41, 5.74) is 8.61. The molecule has 1 heterocycles. The van der Waals surface area contributed by atoms with Crippen molar-refractivity contribution in [2.75, 3.05) is 0 Å². The maximum atomic E-state index is 6.34. The van der Waals surface area contributed by atoms with Crippen molar-refractivity contribution in [1.82, 2.24) is 4.98 Å². The van der Waals surface area contributed by atoms with E-state index in [0.717, 1.165) is 17.9 Å². The molecule has 2 nitrogen and oxygen atoms in total. The molecule has 3 rings (SSSR count). The zero-order chi connectivity index (χ0) is 13.1. The first-order valence-electron chi connectivity index (χ1n) is 7.43. The standard InChI is InChI=1S/C17H22N2/c18-16(10-7-13-4-1-2-5-13)15-9-8-14-6-3-11-19-17(14)12-15/h3,6,8-9,11-13,16H,1-2,4-5,7,10,18H2. The van der Waals surface area contributed by atoms with Crippen molar-refractivity contribution >= 4 is 10.9 Å². The van der Waals surface area contributed by atoms with E-state index >= 15 is 0 Å². The molecule has 1 aliphatic carbocycles. The SMILES string of the molecule is NC(CCC1CCCC1)c1ccc2cccnc2c1. The molecule has 0 radical (unpaired) electrons. The fourth-order valence-electron chi connectivity index (χ4n) is 3.20. The van der Waals surface area contributed by atoms with Gasteiger partial charge >= 0.3 is 0 Å². The van der Waals surface area contributed by atoms with E-state index in [9.17, 15) is 0 Å². The molecule has 100 valence electrons. The van der Waals surface area contributed by atoms with E-state index in [1.54, 1.807) is 0 Å². The Bertz CT molecular complexity index is 544. The average Bonchev–Trinajstić information content (AvgIpc) is 2.97. The summed E-state index contributed by atoms with van der Waals surface area (Å²) in [4.78, 5) is 4.41. The fourth-order valence-corrected chi connectivity index (χ4v) is 3.20. The highest BCUT2D eigenvalue weighted by molar-refractivity contribution is 5.78. The van der Waals surface area contributed by atoms with Gasteiger partial charge < -0.3 is 5.73 Å². The minimum Gasteiger partial charge on any atom is -0.324 e. The lowest BCUT2D eigenvalue weighted by molar-refractivity contribution is 0.454. The molecule has 19 heavy (non-hydrogen) atoms. The van der Waals surface area contributed by atoms with Crippen LogP contribution in [0.1, 0.15) is 50.1 Å². The number of aromatic nitrogens is 1. The van der Waals surface area contributed by atoms with Crippen LogP contribution in [0, 0.1) is 5.92 Å². The molecular weight excluding hydrogens is 232 g/mol. The normalized spacial score (nSPS) is 17.9. The van der Waals surface area contributed by atoms with Gasteiger partial charge in [-0.05, 0) is 36.5 Å². The van der Waals surface area contributed by atoms with Gasteiger partial charge in [0.05, 0.1) is 5.52 Å². The number of hydrogen-bond donors (Lipinski definition) is 1. The van der Waals surface area contributed by atoms with Crippen LogP contribution in [0.25, 0.3) is 10.9 Å². The summed E-state index contributed by atoms with van der Waals surface area (Å²) in [5, 5.41) is 1.19. The minimum atomic E-state index is 0.159. The van der Waals surface area contributed by atoms with Crippen LogP contribution in [0.4, 0.5) is 0 Å². The molecule has 0 spiro atoms.